The van der Waals surface area contributed by atoms with Gasteiger partial charge in [0.05, 0.1) is 0 Å². The summed E-state index contributed by atoms with van der Waals surface area (Å²) in [6.45, 7) is 0.254. The first kappa shape index (κ1) is 8.22. The van der Waals surface area contributed by atoms with Crippen LogP contribution in [-0.4, -0.2) is 25.3 Å². The molecule has 0 spiro atoms. The molecule has 0 heterocycles. The molecule has 0 unspecified atom stereocenters. The summed E-state index contributed by atoms with van der Waals surface area (Å²) in [7, 11) is -3.41. The summed E-state index contributed by atoms with van der Waals surface area (Å²) in [4.78, 5) is 0. The monoisotopic (exact) mass is 157 g/mol. The molecule has 3 N–H and O–H groups in total. The van der Waals surface area contributed by atoms with Gasteiger partial charge in [0.15, 0.2) is 0 Å². The van der Waals surface area contributed by atoms with Gasteiger partial charge >= 0.3 is 9.15 Å². The molecule has 0 radical (unpaired) electrons. The predicted molar refractivity (Wildman–Crippen MR) is 33.1 cm³/mol. The van der Waals surface area contributed by atoms with E-state index < -0.39 is 9.15 Å². The van der Waals surface area contributed by atoms with Gasteiger partial charge in [0.2, 0.25) is 0 Å². The molecule has 0 rings (SSSR count). The van der Waals surface area contributed by atoms with Gasteiger partial charge in [0.1, 0.15) is 0 Å². The zero-order chi connectivity index (χ0) is 6.62. The standard InChI is InChI=1S/C2H7NO3S2/c3-1-2-7-8(4,5)6/h1-3H2,(H,4,5,6). The fourth-order valence-electron chi connectivity index (χ4n) is 0.153. The van der Waals surface area contributed by atoms with E-state index in [-0.39, 0.29) is 12.3 Å². The van der Waals surface area contributed by atoms with Gasteiger partial charge in [-0.15, -0.1) is 0 Å². The lowest BCUT2D eigenvalue weighted by atomic mass is 10.8. The Balaban J connectivity index is 3.42. The highest BCUT2D eigenvalue weighted by Gasteiger charge is 2.01. The van der Waals surface area contributed by atoms with E-state index in [1.165, 1.54) is 0 Å². The molecule has 0 aromatic heterocycles. The topological polar surface area (TPSA) is 80.4 Å². The summed E-state index contributed by atoms with van der Waals surface area (Å²) in [5.74, 6) is 0.235. The van der Waals surface area contributed by atoms with Crippen LogP contribution in [0.3, 0.4) is 0 Å². The van der Waals surface area contributed by atoms with Crippen molar-refractivity contribution in [3.63, 3.8) is 0 Å². The Hall–Kier alpha value is 0.220. The summed E-state index contributed by atoms with van der Waals surface area (Å²) in [6.07, 6.45) is 0. The van der Waals surface area contributed by atoms with E-state index in [2.05, 4.69) is 0 Å². The molecule has 0 aromatic rings. The van der Waals surface area contributed by atoms with Crippen molar-refractivity contribution in [3.8, 4) is 0 Å². The largest absolute Gasteiger partial charge is 0.330 e. The molecule has 50 valence electrons. The Morgan fingerprint density at radius 2 is 2.12 bits per heavy atom. The first-order valence-corrected chi connectivity index (χ1v) is 4.82. The van der Waals surface area contributed by atoms with Crippen molar-refractivity contribution in [1.29, 1.82) is 0 Å². The van der Waals surface area contributed by atoms with Crippen LogP contribution in [0.25, 0.3) is 0 Å². The zero-order valence-electron chi connectivity index (χ0n) is 4.07. The molecule has 0 aromatic carbocycles. The smallest absolute Gasteiger partial charge is 0.319 e. The third-order valence-corrected chi connectivity index (χ3v) is 2.44. The van der Waals surface area contributed by atoms with Crippen molar-refractivity contribution < 1.29 is 13.0 Å². The maximum absolute atomic E-state index is 9.85. The number of nitrogens with two attached hydrogens (primary N) is 1. The van der Waals surface area contributed by atoms with Crippen LogP contribution in [0, 0.1) is 0 Å². The van der Waals surface area contributed by atoms with Crippen molar-refractivity contribution in [3.05, 3.63) is 0 Å². The molecule has 8 heavy (non-hydrogen) atoms. The molecule has 0 aliphatic carbocycles. The van der Waals surface area contributed by atoms with E-state index in [9.17, 15) is 8.42 Å². The Labute approximate surface area is 51.6 Å². The Morgan fingerprint density at radius 1 is 1.62 bits per heavy atom. The highest BCUT2D eigenvalue weighted by Crippen LogP contribution is 2.05. The second-order valence-corrected chi connectivity index (χ2v) is 4.51. The van der Waals surface area contributed by atoms with Gasteiger partial charge in [0, 0.05) is 12.3 Å². The van der Waals surface area contributed by atoms with Gasteiger partial charge in [-0.25, -0.2) is 0 Å². The number of hydrogen-bond acceptors (Lipinski definition) is 4. The first-order valence-electron chi connectivity index (χ1n) is 1.88. The van der Waals surface area contributed by atoms with Crippen LogP contribution in [0.2, 0.25) is 0 Å². The summed E-state index contributed by atoms with van der Waals surface area (Å²) >= 11 is 0. The predicted octanol–water partition coefficient (Wildman–Crippen LogP) is -0.519. The maximum Gasteiger partial charge on any atom is 0.319 e. The Morgan fingerprint density at radius 3 is 2.25 bits per heavy atom. The van der Waals surface area contributed by atoms with E-state index >= 15 is 0 Å². The maximum atomic E-state index is 9.85. The zero-order valence-corrected chi connectivity index (χ0v) is 5.70. The molecule has 0 amide bonds. The van der Waals surface area contributed by atoms with Crippen LogP contribution in [0.15, 0.2) is 0 Å². The number of hydrogen-bond donors (Lipinski definition) is 2. The van der Waals surface area contributed by atoms with Crippen LogP contribution >= 0.6 is 10.8 Å². The van der Waals surface area contributed by atoms with Crippen molar-refractivity contribution in [1.82, 2.24) is 0 Å². The summed E-state index contributed by atoms with van der Waals surface area (Å²) < 4.78 is 27.7. The minimum absolute atomic E-state index is 0.235. The fourth-order valence-corrected chi connectivity index (χ4v) is 1.38. The van der Waals surface area contributed by atoms with Gasteiger partial charge < -0.3 is 5.73 Å². The molecule has 0 aliphatic heterocycles. The van der Waals surface area contributed by atoms with E-state index in [4.69, 9.17) is 10.3 Å². The SMILES string of the molecule is NCCSS(=O)(=O)O. The fraction of sp³-hybridized carbons (Fsp3) is 1.00. The highest BCUT2D eigenvalue weighted by atomic mass is 33.1. The second kappa shape index (κ2) is 3.29. The van der Waals surface area contributed by atoms with Crippen LogP contribution < -0.4 is 5.73 Å². The normalized spacial score (nSPS) is 11.8. The average Bonchev–Trinajstić information content (AvgIpc) is 1.59. The van der Waals surface area contributed by atoms with Crippen LogP contribution in [0.1, 0.15) is 0 Å². The molecule has 0 aliphatic rings. The Kier molecular flexibility index (Phi) is 3.38. The van der Waals surface area contributed by atoms with Crippen molar-refractivity contribution in [2.24, 2.45) is 5.73 Å². The minimum Gasteiger partial charge on any atom is -0.330 e. The van der Waals surface area contributed by atoms with Gasteiger partial charge in [-0.2, -0.15) is 8.42 Å². The van der Waals surface area contributed by atoms with Crippen molar-refractivity contribution >= 4 is 19.9 Å². The van der Waals surface area contributed by atoms with E-state index in [0.29, 0.717) is 10.8 Å². The molecule has 0 saturated heterocycles. The van der Waals surface area contributed by atoms with Gasteiger partial charge in [-0.05, 0) is 10.8 Å². The number of rotatable bonds is 3. The molecule has 4 nitrogen and oxygen atoms in total. The molecule has 0 bridgehead atoms. The molecule has 0 atom stereocenters. The average molecular weight is 157 g/mol. The molecule has 0 saturated carbocycles. The van der Waals surface area contributed by atoms with Crippen LogP contribution in [-0.2, 0) is 9.15 Å². The lowest BCUT2D eigenvalue weighted by molar-refractivity contribution is 0.503. The lowest BCUT2D eigenvalue weighted by Gasteiger charge is -1.89. The Bertz CT molecular complexity index is 139. The van der Waals surface area contributed by atoms with Gasteiger partial charge in [-0.3, -0.25) is 4.55 Å². The van der Waals surface area contributed by atoms with E-state index in [0.717, 1.165) is 0 Å². The van der Waals surface area contributed by atoms with Crippen molar-refractivity contribution in [2.45, 2.75) is 0 Å². The third-order valence-electron chi connectivity index (χ3n) is 0.350. The molecular weight excluding hydrogens is 150 g/mol. The molecule has 0 fully saturated rings. The minimum atomic E-state index is -3.85. The summed E-state index contributed by atoms with van der Waals surface area (Å²) in [6, 6.07) is 0. The molecular formula is C2H7NO3S2. The quantitative estimate of drug-likeness (QED) is 0.425. The van der Waals surface area contributed by atoms with Gasteiger partial charge in [-0.1, -0.05) is 0 Å². The van der Waals surface area contributed by atoms with E-state index in [1.807, 2.05) is 0 Å². The van der Waals surface area contributed by atoms with Gasteiger partial charge in [0.25, 0.3) is 0 Å². The molecule has 6 heteroatoms. The van der Waals surface area contributed by atoms with Crippen molar-refractivity contribution in [2.75, 3.05) is 12.3 Å². The van der Waals surface area contributed by atoms with Crippen LogP contribution in [0.5, 0.6) is 0 Å². The third kappa shape index (κ3) is 6.22. The first-order chi connectivity index (χ1) is 3.56. The van der Waals surface area contributed by atoms with Crippen LogP contribution in [0.4, 0.5) is 0 Å². The highest BCUT2D eigenvalue weighted by molar-refractivity contribution is 8.69. The second-order valence-electron chi connectivity index (χ2n) is 1.04. The summed E-state index contributed by atoms with van der Waals surface area (Å²) in [5.41, 5.74) is 4.94. The lowest BCUT2D eigenvalue weighted by Crippen LogP contribution is -2.03. The summed E-state index contributed by atoms with van der Waals surface area (Å²) in [5, 5.41) is 0. The van der Waals surface area contributed by atoms with E-state index in [1.54, 1.807) is 0 Å².